The zero-order valence-corrected chi connectivity index (χ0v) is 18.3. The van der Waals surface area contributed by atoms with E-state index in [0.717, 1.165) is 5.56 Å². The highest BCUT2D eigenvalue weighted by molar-refractivity contribution is 6.52. The molecule has 1 unspecified atom stereocenters. The average molecular weight is 446 g/mol. The van der Waals surface area contributed by atoms with Gasteiger partial charge in [0.25, 0.3) is 11.7 Å². The topological polar surface area (TPSA) is 109 Å². The van der Waals surface area contributed by atoms with Gasteiger partial charge >= 0.3 is 0 Å². The monoisotopic (exact) mass is 446 g/mol. The van der Waals surface area contributed by atoms with Crippen LogP contribution in [0.3, 0.4) is 0 Å². The summed E-state index contributed by atoms with van der Waals surface area (Å²) in [4.78, 5) is 31.7. The van der Waals surface area contributed by atoms with Crippen LogP contribution in [-0.4, -0.2) is 41.1 Å². The summed E-state index contributed by atoms with van der Waals surface area (Å²) in [6.07, 6.45) is 3.05. The van der Waals surface area contributed by atoms with Crippen molar-refractivity contribution in [2.45, 2.75) is 13.0 Å². The number of hydrogen-bond donors (Lipinski definition) is 2. The van der Waals surface area contributed by atoms with E-state index >= 15 is 0 Å². The number of phenols is 1. The fourth-order valence-electron chi connectivity index (χ4n) is 3.99. The number of rotatable bonds is 5. The Kier molecular flexibility index (Phi) is 5.74. The molecular weight excluding hydrogens is 424 g/mol. The number of aliphatic hydroxyl groups excluding tert-OH is 1. The Morgan fingerprint density at radius 3 is 2.24 bits per heavy atom. The van der Waals surface area contributed by atoms with E-state index in [2.05, 4.69) is 4.98 Å². The number of hydrogen-bond acceptors (Lipinski definition) is 7. The van der Waals surface area contributed by atoms with E-state index in [4.69, 9.17) is 9.47 Å². The molecule has 0 aliphatic carbocycles. The summed E-state index contributed by atoms with van der Waals surface area (Å²) in [5.41, 5.74) is 1.46. The van der Waals surface area contributed by atoms with Crippen molar-refractivity contribution in [3.63, 3.8) is 0 Å². The number of phenolic OH excluding ortho intramolecular Hbond substituents is 1. The van der Waals surface area contributed by atoms with E-state index in [1.165, 1.54) is 37.6 Å². The van der Waals surface area contributed by atoms with E-state index in [1.54, 1.807) is 49.4 Å². The van der Waals surface area contributed by atoms with Crippen molar-refractivity contribution in [3.05, 3.63) is 83.2 Å². The minimum Gasteiger partial charge on any atom is -0.506 e. The summed E-state index contributed by atoms with van der Waals surface area (Å²) in [6.45, 7) is 1.81. The number of methoxy groups -OCH3 is 2. The molecule has 1 atom stereocenters. The van der Waals surface area contributed by atoms with Crippen LogP contribution in [0.2, 0.25) is 0 Å². The van der Waals surface area contributed by atoms with Gasteiger partial charge in [-0.25, -0.2) is 0 Å². The first-order chi connectivity index (χ1) is 15.9. The fourth-order valence-corrected chi connectivity index (χ4v) is 3.99. The summed E-state index contributed by atoms with van der Waals surface area (Å²) in [5, 5.41) is 21.9. The second kappa shape index (κ2) is 8.66. The number of ether oxygens (including phenoxy) is 2. The minimum atomic E-state index is -1.02. The number of nitrogens with zero attached hydrogens (tertiary/aromatic N) is 2. The fraction of sp³-hybridized carbons (Fsp3) is 0.160. The van der Waals surface area contributed by atoms with Gasteiger partial charge in [-0.2, -0.15) is 0 Å². The number of anilines is 1. The third-order valence-electron chi connectivity index (χ3n) is 5.52. The molecule has 8 nitrogen and oxygen atoms in total. The lowest BCUT2D eigenvalue weighted by atomic mass is 9.95. The molecule has 1 aliphatic rings. The molecule has 33 heavy (non-hydrogen) atoms. The van der Waals surface area contributed by atoms with E-state index in [1.807, 2.05) is 0 Å². The highest BCUT2D eigenvalue weighted by Crippen LogP contribution is 2.46. The number of benzene rings is 2. The van der Waals surface area contributed by atoms with Crippen LogP contribution in [0.25, 0.3) is 5.76 Å². The molecule has 2 heterocycles. The van der Waals surface area contributed by atoms with Gasteiger partial charge in [0.15, 0.2) is 0 Å². The van der Waals surface area contributed by atoms with Gasteiger partial charge in [0.05, 0.1) is 31.5 Å². The molecule has 1 amide bonds. The molecule has 1 fully saturated rings. The number of aryl methyl sites for hydroxylation is 1. The lowest BCUT2D eigenvalue weighted by Crippen LogP contribution is -2.29. The highest BCUT2D eigenvalue weighted by atomic mass is 16.5. The van der Waals surface area contributed by atoms with E-state index in [9.17, 15) is 19.8 Å². The first-order valence-electron chi connectivity index (χ1n) is 10.1. The average Bonchev–Trinajstić information content (AvgIpc) is 3.10. The predicted octanol–water partition coefficient (Wildman–Crippen LogP) is 3.74. The molecule has 1 aromatic heterocycles. The quantitative estimate of drug-likeness (QED) is 0.349. The molecule has 2 aromatic carbocycles. The van der Waals surface area contributed by atoms with Crippen molar-refractivity contribution < 1.29 is 29.3 Å². The smallest absolute Gasteiger partial charge is 0.300 e. The molecule has 8 heteroatoms. The Bertz CT molecular complexity index is 1250. The Hall–Kier alpha value is -4.33. The molecule has 4 rings (SSSR count). The van der Waals surface area contributed by atoms with Crippen molar-refractivity contribution >= 4 is 23.1 Å². The maximum Gasteiger partial charge on any atom is 0.300 e. The zero-order chi connectivity index (χ0) is 23.7. The van der Waals surface area contributed by atoms with Crippen molar-refractivity contribution in [1.29, 1.82) is 0 Å². The number of ketones is 1. The summed E-state index contributed by atoms with van der Waals surface area (Å²) in [7, 11) is 2.85. The van der Waals surface area contributed by atoms with Gasteiger partial charge in [-0.3, -0.25) is 19.5 Å². The van der Waals surface area contributed by atoms with Crippen LogP contribution in [0.1, 0.15) is 22.7 Å². The van der Waals surface area contributed by atoms with Crippen LogP contribution in [0.4, 0.5) is 5.69 Å². The number of Topliss-reactive ketones (excluding diaryl/α,β-unsaturated/α-hetero) is 1. The Balaban J connectivity index is 2.03. The van der Waals surface area contributed by atoms with Gasteiger partial charge in [-0.1, -0.05) is 12.1 Å². The van der Waals surface area contributed by atoms with E-state index < -0.39 is 23.5 Å². The molecule has 0 spiro atoms. The summed E-state index contributed by atoms with van der Waals surface area (Å²) in [5.74, 6) is -1.86. The maximum absolute atomic E-state index is 13.3. The van der Waals surface area contributed by atoms with Gasteiger partial charge in [-0.05, 0) is 54.4 Å². The first-order valence-corrected chi connectivity index (χ1v) is 10.1. The lowest BCUT2D eigenvalue weighted by molar-refractivity contribution is -0.132. The number of carbonyl (C=O) groups is 2. The molecule has 0 bridgehead atoms. The number of aromatic nitrogens is 1. The lowest BCUT2D eigenvalue weighted by Gasteiger charge is -2.26. The molecule has 168 valence electrons. The SMILES string of the molecule is COc1cccc(OC)c1/C(O)=C1\C(=O)C(=O)N(c2cc(C)ccc2O)C1c1ccncc1. The van der Waals surface area contributed by atoms with Gasteiger partial charge in [0.1, 0.15) is 28.6 Å². The Morgan fingerprint density at radius 2 is 1.64 bits per heavy atom. The number of amides is 1. The minimum absolute atomic E-state index is 0.146. The second-order valence-corrected chi connectivity index (χ2v) is 7.48. The van der Waals surface area contributed by atoms with Crippen LogP contribution in [-0.2, 0) is 9.59 Å². The molecular formula is C25H22N2O6. The highest BCUT2D eigenvalue weighted by Gasteiger charge is 2.48. The summed E-state index contributed by atoms with van der Waals surface area (Å²) < 4.78 is 10.8. The van der Waals surface area contributed by atoms with Crippen LogP contribution in [0, 0.1) is 6.92 Å². The van der Waals surface area contributed by atoms with Gasteiger partial charge in [0.2, 0.25) is 0 Å². The number of aromatic hydroxyl groups is 1. The van der Waals surface area contributed by atoms with Crippen LogP contribution >= 0.6 is 0 Å². The van der Waals surface area contributed by atoms with Crippen molar-refractivity contribution in [1.82, 2.24) is 4.98 Å². The van der Waals surface area contributed by atoms with E-state index in [0.29, 0.717) is 5.56 Å². The second-order valence-electron chi connectivity index (χ2n) is 7.48. The van der Waals surface area contributed by atoms with Crippen molar-refractivity contribution in [2.24, 2.45) is 0 Å². The molecule has 3 aromatic rings. The first kappa shape index (κ1) is 21.9. The number of carbonyl (C=O) groups excluding carboxylic acids is 2. The van der Waals surface area contributed by atoms with Gasteiger partial charge in [-0.15, -0.1) is 0 Å². The molecule has 2 N–H and O–H groups in total. The summed E-state index contributed by atoms with van der Waals surface area (Å²) in [6, 6.07) is 11.9. The maximum atomic E-state index is 13.3. The largest absolute Gasteiger partial charge is 0.506 e. The molecule has 1 saturated heterocycles. The van der Waals surface area contributed by atoms with Gasteiger partial charge < -0.3 is 19.7 Å². The predicted molar refractivity (Wildman–Crippen MR) is 121 cm³/mol. The molecule has 0 radical (unpaired) electrons. The molecule has 0 saturated carbocycles. The number of pyridine rings is 1. The van der Waals surface area contributed by atoms with Gasteiger partial charge in [0, 0.05) is 12.4 Å². The normalized spacial score (nSPS) is 17.3. The van der Waals surface area contributed by atoms with Crippen molar-refractivity contribution in [2.75, 3.05) is 19.1 Å². The van der Waals surface area contributed by atoms with Crippen LogP contribution in [0.5, 0.6) is 17.2 Å². The van der Waals surface area contributed by atoms with E-state index in [-0.39, 0.29) is 34.1 Å². The standard InChI is InChI=1S/C25H22N2O6/c1-14-7-8-17(28)16(13-14)27-22(15-9-11-26-12-10-15)21(24(30)25(27)31)23(29)20-18(32-2)5-4-6-19(20)33-3/h4-13,22,28-29H,1-3H3/b23-21+. The Labute approximate surface area is 190 Å². The molecule has 1 aliphatic heterocycles. The third kappa shape index (κ3) is 3.65. The van der Waals surface area contributed by atoms with Crippen LogP contribution in [0.15, 0.2) is 66.5 Å². The van der Waals surface area contributed by atoms with Crippen LogP contribution < -0.4 is 14.4 Å². The Morgan fingerprint density at radius 1 is 1.00 bits per heavy atom. The summed E-state index contributed by atoms with van der Waals surface area (Å²) >= 11 is 0. The zero-order valence-electron chi connectivity index (χ0n) is 18.3. The third-order valence-corrected chi connectivity index (χ3v) is 5.52. The van der Waals surface area contributed by atoms with Crippen molar-refractivity contribution in [3.8, 4) is 17.2 Å². The number of aliphatic hydroxyl groups is 1.